The van der Waals surface area contributed by atoms with Crippen molar-refractivity contribution in [2.75, 3.05) is 25.1 Å². The maximum absolute atomic E-state index is 11.5. The minimum atomic E-state index is -0.146. The molecule has 1 aliphatic carbocycles. The van der Waals surface area contributed by atoms with Gasteiger partial charge < -0.3 is 9.64 Å². The summed E-state index contributed by atoms with van der Waals surface area (Å²) in [5, 5.41) is 0.308. The molecule has 0 bridgehead atoms. The molecule has 114 valence electrons. The van der Waals surface area contributed by atoms with Gasteiger partial charge in [-0.1, -0.05) is 19.8 Å². The Hall–Kier alpha value is -1.36. The molecule has 0 radical (unpaired) electrons. The van der Waals surface area contributed by atoms with Crippen LogP contribution in [0, 0.1) is 11.8 Å². The number of halogens is 1. The number of anilines is 1. The summed E-state index contributed by atoms with van der Waals surface area (Å²) in [4.78, 5) is 22.4. The number of esters is 1. The highest BCUT2D eigenvalue weighted by atomic mass is 35.5. The van der Waals surface area contributed by atoms with E-state index in [2.05, 4.69) is 21.8 Å². The second-order valence-electron chi connectivity index (χ2n) is 5.93. The molecule has 0 aromatic carbocycles. The van der Waals surface area contributed by atoms with Crippen LogP contribution in [0.4, 0.5) is 5.82 Å². The molecule has 3 rings (SSSR count). The van der Waals surface area contributed by atoms with Gasteiger partial charge in [-0.25, -0.2) is 9.97 Å². The molecule has 1 aromatic rings. The first-order valence-corrected chi connectivity index (χ1v) is 7.88. The van der Waals surface area contributed by atoms with E-state index in [9.17, 15) is 4.79 Å². The Kier molecular flexibility index (Phi) is 4.02. The van der Waals surface area contributed by atoms with Crippen LogP contribution in [0.2, 0.25) is 5.28 Å². The third-order valence-corrected chi connectivity index (χ3v) is 4.60. The van der Waals surface area contributed by atoms with Gasteiger partial charge in [-0.15, -0.1) is 0 Å². The SMILES string of the molecule is CCCC1Cc2nc(Cl)nc(N3CC(C(=O)OC)C3)c2C1. The number of fused-ring (bicyclic) bond motifs is 1. The fraction of sp³-hybridized carbons (Fsp3) is 0.667. The van der Waals surface area contributed by atoms with E-state index in [1.165, 1.54) is 25.5 Å². The van der Waals surface area contributed by atoms with Crippen molar-refractivity contribution in [3.05, 3.63) is 16.5 Å². The summed E-state index contributed by atoms with van der Waals surface area (Å²) >= 11 is 6.06. The van der Waals surface area contributed by atoms with Crippen molar-refractivity contribution < 1.29 is 9.53 Å². The molecule has 0 amide bonds. The van der Waals surface area contributed by atoms with E-state index < -0.39 is 0 Å². The highest BCUT2D eigenvalue weighted by Crippen LogP contribution is 2.37. The summed E-state index contributed by atoms with van der Waals surface area (Å²) in [7, 11) is 1.43. The van der Waals surface area contributed by atoms with Gasteiger partial charge in [-0.3, -0.25) is 4.79 Å². The predicted molar refractivity (Wildman–Crippen MR) is 80.6 cm³/mol. The van der Waals surface area contributed by atoms with E-state index in [4.69, 9.17) is 16.3 Å². The van der Waals surface area contributed by atoms with Gasteiger partial charge in [0, 0.05) is 18.7 Å². The van der Waals surface area contributed by atoms with Crippen LogP contribution in [0.1, 0.15) is 31.0 Å². The van der Waals surface area contributed by atoms with Crippen molar-refractivity contribution in [1.82, 2.24) is 9.97 Å². The predicted octanol–water partition coefficient (Wildman–Crippen LogP) is 2.25. The number of nitrogens with zero attached hydrogens (tertiary/aromatic N) is 3. The average Bonchev–Trinajstić information content (AvgIpc) is 2.79. The molecule has 0 spiro atoms. The Morgan fingerprint density at radius 2 is 2.14 bits per heavy atom. The number of ether oxygens (including phenoxy) is 1. The number of carbonyl (C=O) groups is 1. The van der Waals surface area contributed by atoms with Crippen LogP contribution in [-0.4, -0.2) is 36.1 Å². The van der Waals surface area contributed by atoms with Crippen LogP contribution < -0.4 is 4.90 Å². The summed E-state index contributed by atoms with van der Waals surface area (Å²) < 4.78 is 4.78. The van der Waals surface area contributed by atoms with Gasteiger partial charge in [0.25, 0.3) is 0 Å². The monoisotopic (exact) mass is 309 g/mol. The smallest absolute Gasteiger partial charge is 0.312 e. The Morgan fingerprint density at radius 1 is 1.38 bits per heavy atom. The van der Waals surface area contributed by atoms with Crippen LogP contribution >= 0.6 is 11.6 Å². The lowest BCUT2D eigenvalue weighted by atomic mass is 9.98. The van der Waals surface area contributed by atoms with Gasteiger partial charge in [-0.05, 0) is 30.4 Å². The van der Waals surface area contributed by atoms with E-state index in [0.717, 1.165) is 24.4 Å². The van der Waals surface area contributed by atoms with Crippen molar-refractivity contribution in [2.45, 2.75) is 32.6 Å². The van der Waals surface area contributed by atoms with E-state index in [-0.39, 0.29) is 11.9 Å². The summed E-state index contributed by atoms with van der Waals surface area (Å²) in [6.45, 7) is 3.52. The summed E-state index contributed by atoms with van der Waals surface area (Å²) in [6.07, 6.45) is 4.41. The summed E-state index contributed by atoms with van der Waals surface area (Å²) in [5.74, 6) is 1.37. The zero-order valence-electron chi connectivity index (χ0n) is 12.4. The van der Waals surface area contributed by atoms with Crippen molar-refractivity contribution >= 4 is 23.4 Å². The van der Waals surface area contributed by atoms with Crippen molar-refractivity contribution in [3.8, 4) is 0 Å². The maximum Gasteiger partial charge on any atom is 0.312 e. The average molecular weight is 310 g/mol. The molecule has 1 aliphatic heterocycles. The molecular formula is C15H20ClN3O2. The van der Waals surface area contributed by atoms with Gasteiger partial charge in [0.2, 0.25) is 5.28 Å². The lowest BCUT2D eigenvalue weighted by Gasteiger charge is -2.39. The molecule has 1 unspecified atom stereocenters. The van der Waals surface area contributed by atoms with Gasteiger partial charge >= 0.3 is 5.97 Å². The summed E-state index contributed by atoms with van der Waals surface area (Å²) in [5.41, 5.74) is 2.31. The largest absolute Gasteiger partial charge is 0.469 e. The lowest BCUT2D eigenvalue weighted by molar-refractivity contribution is -0.146. The van der Waals surface area contributed by atoms with Crippen LogP contribution in [0.3, 0.4) is 0 Å². The van der Waals surface area contributed by atoms with Crippen molar-refractivity contribution in [1.29, 1.82) is 0 Å². The first-order valence-electron chi connectivity index (χ1n) is 7.50. The molecule has 0 saturated carbocycles. The van der Waals surface area contributed by atoms with Gasteiger partial charge in [0.1, 0.15) is 5.82 Å². The number of carbonyl (C=O) groups excluding carboxylic acids is 1. The van der Waals surface area contributed by atoms with E-state index in [0.29, 0.717) is 24.3 Å². The first kappa shape index (κ1) is 14.6. The molecule has 5 nitrogen and oxygen atoms in total. The van der Waals surface area contributed by atoms with Crippen LogP contribution in [0.15, 0.2) is 0 Å². The number of rotatable bonds is 4. The molecule has 1 saturated heterocycles. The molecule has 21 heavy (non-hydrogen) atoms. The number of hydrogen-bond acceptors (Lipinski definition) is 5. The third-order valence-electron chi connectivity index (χ3n) is 4.43. The second kappa shape index (κ2) is 5.79. The topological polar surface area (TPSA) is 55.3 Å². The number of hydrogen-bond donors (Lipinski definition) is 0. The Bertz CT molecular complexity index is 558. The van der Waals surface area contributed by atoms with Gasteiger partial charge in [0.05, 0.1) is 18.7 Å². The number of methoxy groups -OCH3 is 1. The quantitative estimate of drug-likeness (QED) is 0.631. The molecule has 0 N–H and O–H groups in total. The van der Waals surface area contributed by atoms with Crippen LogP contribution in [0.25, 0.3) is 0 Å². The highest BCUT2D eigenvalue weighted by molar-refractivity contribution is 6.28. The van der Waals surface area contributed by atoms with Crippen LogP contribution in [-0.2, 0) is 22.4 Å². The van der Waals surface area contributed by atoms with E-state index in [1.54, 1.807) is 0 Å². The molecule has 6 heteroatoms. The molecule has 1 aromatic heterocycles. The Labute approximate surface area is 129 Å². The maximum atomic E-state index is 11.5. The minimum absolute atomic E-state index is 0.0489. The molecule has 2 aliphatic rings. The lowest BCUT2D eigenvalue weighted by Crippen LogP contribution is -2.51. The zero-order chi connectivity index (χ0) is 15.0. The van der Waals surface area contributed by atoms with Crippen LogP contribution in [0.5, 0.6) is 0 Å². The molecule has 1 fully saturated rings. The fourth-order valence-corrected chi connectivity index (χ4v) is 3.52. The molecule has 2 heterocycles. The van der Waals surface area contributed by atoms with Crippen molar-refractivity contribution in [2.24, 2.45) is 11.8 Å². The fourth-order valence-electron chi connectivity index (χ4n) is 3.34. The third kappa shape index (κ3) is 2.71. The summed E-state index contributed by atoms with van der Waals surface area (Å²) in [6, 6.07) is 0. The highest BCUT2D eigenvalue weighted by Gasteiger charge is 2.37. The molecular weight excluding hydrogens is 290 g/mol. The normalized spacial score (nSPS) is 21.1. The number of aromatic nitrogens is 2. The van der Waals surface area contributed by atoms with E-state index in [1.807, 2.05) is 0 Å². The second-order valence-corrected chi connectivity index (χ2v) is 6.27. The van der Waals surface area contributed by atoms with Crippen molar-refractivity contribution in [3.63, 3.8) is 0 Å². The zero-order valence-corrected chi connectivity index (χ0v) is 13.2. The Balaban J connectivity index is 1.78. The van der Waals surface area contributed by atoms with Gasteiger partial charge in [-0.2, -0.15) is 0 Å². The minimum Gasteiger partial charge on any atom is -0.469 e. The molecule has 1 atom stereocenters. The standard InChI is InChI=1S/C15H20ClN3O2/c1-3-4-9-5-11-12(6-9)17-15(16)18-13(11)19-7-10(8-19)14(20)21-2/h9-10H,3-8H2,1-2H3. The van der Waals surface area contributed by atoms with E-state index >= 15 is 0 Å². The first-order chi connectivity index (χ1) is 10.1. The Morgan fingerprint density at radius 3 is 2.81 bits per heavy atom. The van der Waals surface area contributed by atoms with Gasteiger partial charge in [0.15, 0.2) is 0 Å².